The summed E-state index contributed by atoms with van der Waals surface area (Å²) in [5, 5.41) is 16.7. The molecule has 0 aliphatic carbocycles. The lowest BCUT2D eigenvalue weighted by Gasteiger charge is -2.15. The van der Waals surface area contributed by atoms with E-state index in [9.17, 15) is 0 Å². The molecule has 1 aromatic carbocycles. The van der Waals surface area contributed by atoms with Crippen LogP contribution < -0.4 is 19.4 Å². The molecular weight excluding hydrogens is 408 g/mol. The molecule has 0 unspecified atom stereocenters. The van der Waals surface area contributed by atoms with Crippen molar-refractivity contribution >= 4 is 0 Å². The highest BCUT2D eigenvalue weighted by Crippen LogP contribution is 2.38. The number of hydrogen-bond donors (Lipinski definition) is 0. The van der Waals surface area contributed by atoms with Gasteiger partial charge in [0.15, 0.2) is 0 Å². The van der Waals surface area contributed by atoms with Gasteiger partial charge >= 0.3 is 0 Å². The molecule has 10 nitrogen and oxygen atoms in total. The SMILES string of the molecule is COc1cc(-c2nnc(-c3ccccn3)[n-]2)c(OC)cc1-c1nnc(-c2ccccn2)[n-]1. The van der Waals surface area contributed by atoms with Crippen LogP contribution in [-0.2, 0) is 0 Å². The molecule has 5 rings (SSSR count). The summed E-state index contributed by atoms with van der Waals surface area (Å²) in [6.07, 6.45) is 3.35. The van der Waals surface area contributed by atoms with Gasteiger partial charge in [0, 0.05) is 46.8 Å². The van der Waals surface area contributed by atoms with Crippen molar-refractivity contribution in [3.05, 3.63) is 60.9 Å². The highest BCUT2D eigenvalue weighted by atomic mass is 16.5. The van der Waals surface area contributed by atoms with Crippen molar-refractivity contribution in [3.8, 4) is 57.3 Å². The molecule has 32 heavy (non-hydrogen) atoms. The van der Waals surface area contributed by atoms with Gasteiger partial charge in [0.25, 0.3) is 0 Å². The summed E-state index contributed by atoms with van der Waals surface area (Å²) in [4.78, 5) is 17.5. The van der Waals surface area contributed by atoms with Gasteiger partial charge in [-0.15, -0.1) is 0 Å². The van der Waals surface area contributed by atoms with Gasteiger partial charge in [0.05, 0.1) is 25.6 Å². The van der Waals surface area contributed by atoms with Crippen molar-refractivity contribution in [2.24, 2.45) is 0 Å². The maximum absolute atomic E-state index is 5.60. The van der Waals surface area contributed by atoms with Gasteiger partial charge in [0.1, 0.15) is 11.5 Å². The van der Waals surface area contributed by atoms with Crippen LogP contribution in [0.15, 0.2) is 60.9 Å². The first-order chi connectivity index (χ1) is 15.8. The Hall–Kier alpha value is -4.60. The van der Waals surface area contributed by atoms with Crippen molar-refractivity contribution in [3.63, 3.8) is 0 Å². The van der Waals surface area contributed by atoms with E-state index in [0.29, 0.717) is 57.3 Å². The number of rotatable bonds is 6. The minimum Gasteiger partial charge on any atom is -0.496 e. The molecule has 4 heterocycles. The molecule has 158 valence electrons. The number of aromatic nitrogens is 8. The van der Waals surface area contributed by atoms with Crippen LogP contribution in [-0.4, -0.2) is 44.6 Å². The summed E-state index contributed by atoms with van der Waals surface area (Å²) in [6, 6.07) is 14.6. The summed E-state index contributed by atoms with van der Waals surface area (Å²) in [6.45, 7) is 0. The van der Waals surface area contributed by atoms with E-state index in [-0.39, 0.29) is 0 Å². The first-order valence-electron chi connectivity index (χ1n) is 9.61. The van der Waals surface area contributed by atoms with E-state index < -0.39 is 0 Å². The Morgan fingerprint density at radius 2 is 1.03 bits per heavy atom. The molecule has 0 saturated carbocycles. The zero-order chi connectivity index (χ0) is 21.9. The Kier molecular flexibility index (Phi) is 5.00. The van der Waals surface area contributed by atoms with Crippen LogP contribution in [0.2, 0.25) is 0 Å². The third-order valence-corrected chi connectivity index (χ3v) is 4.69. The minimum absolute atomic E-state index is 0.392. The smallest absolute Gasteiger partial charge is 0.127 e. The van der Waals surface area contributed by atoms with E-state index in [1.807, 2.05) is 36.4 Å². The second-order valence-electron chi connectivity index (χ2n) is 6.60. The largest absolute Gasteiger partial charge is 0.496 e. The minimum atomic E-state index is 0.392. The predicted octanol–water partition coefficient (Wildman–Crippen LogP) is 2.66. The van der Waals surface area contributed by atoms with Gasteiger partial charge in [-0.25, -0.2) is 0 Å². The lowest BCUT2D eigenvalue weighted by Crippen LogP contribution is -1.97. The molecule has 0 atom stereocenters. The van der Waals surface area contributed by atoms with Crippen LogP contribution in [0.25, 0.3) is 45.8 Å². The monoisotopic (exact) mass is 424 g/mol. The van der Waals surface area contributed by atoms with E-state index in [1.54, 1.807) is 38.7 Å². The quantitative estimate of drug-likeness (QED) is 0.402. The standard InChI is InChI=1S/C22H16N8O2/c1-31-17-11-14(20-26-22(30-28-20)16-8-4-6-10-24-16)18(32-2)12-13(17)19-25-21(29-27-19)15-7-3-5-9-23-15/h3-12H,1-2H3/q-2. The summed E-state index contributed by atoms with van der Waals surface area (Å²) < 4.78 is 11.2. The Morgan fingerprint density at radius 1 is 0.594 bits per heavy atom. The molecule has 10 heteroatoms. The molecule has 0 bridgehead atoms. The topological polar surface area (TPSA) is 124 Å². The molecule has 0 amide bonds. The second-order valence-corrected chi connectivity index (χ2v) is 6.60. The number of nitrogens with zero attached hydrogens (tertiary/aromatic N) is 8. The van der Waals surface area contributed by atoms with Crippen molar-refractivity contribution in [2.45, 2.75) is 0 Å². The molecule has 0 fully saturated rings. The number of benzene rings is 1. The van der Waals surface area contributed by atoms with Crippen molar-refractivity contribution < 1.29 is 9.47 Å². The third-order valence-electron chi connectivity index (χ3n) is 4.69. The molecule has 0 spiro atoms. The maximum Gasteiger partial charge on any atom is 0.127 e. The molecular formula is C22H16N8O2-2. The number of ether oxygens (including phenoxy) is 2. The Balaban J connectivity index is 1.55. The molecule has 0 saturated heterocycles. The van der Waals surface area contributed by atoms with Crippen LogP contribution in [0, 0.1) is 0 Å². The van der Waals surface area contributed by atoms with E-state index in [4.69, 9.17) is 9.47 Å². The third kappa shape index (κ3) is 3.54. The zero-order valence-corrected chi connectivity index (χ0v) is 17.2. The van der Waals surface area contributed by atoms with Gasteiger partial charge in [0.2, 0.25) is 0 Å². The van der Waals surface area contributed by atoms with E-state index in [0.717, 1.165) is 0 Å². The lowest BCUT2D eigenvalue weighted by atomic mass is 10.1. The van der Waals surface area contributed by atoms with Crippen molar-refractivity contribution in [1.82, 2.24) is 40.3 Å². The van der Waals surface area contributed by atoms with Crippen LogP contribution in [0.4, 0.5) is 0 Å². The van der Waals surface area contributed by atoms with Crippen LogP contribution >= 0.6 is 0 Å². The van der Waals surface area contributed by atoms with Crippen LogP contribution in [0.5, 0.6) is 11.5 Å². The number of hydrogen-bond acceptors (Lipinski definition) is 8. The first kappa shape index (κ1) is 19.4. The molecule has 4 aromatic heterocycles. The molecule has 0 N–H and O–H groups in total. The highest BCUT2D eigenvalue weighted by molar-refractivity contribution is 5.77. The Bertz CT molecular complexity index is 1240. The average Bonchev–Trinajstić information content (AvgIpc) is 3.55. The highest BCUT2D eigenvalue weighted by Gasteiger charge is 2.14. The lowest BCUT2D eigenvalue weighted by molar-refractivity contribution is 0.405. The summed E-state index contributed by atoms with van der Waals surface area (Å²) in [5.74, 6) is 2.67. The Labute approximate surface area is 182 Å². The van der Waals surface area contributed by atoms with Gasteiger partial charge in [-0.3, -0.25) is 9.97 Å². The summed E-state index contributed by atoms with van der Waals surface area (Å²) in [7, 11) is 3.13. The van der Waals surface area contributed by atoms with Gasteiger partial charge in [-0.1, -0.05) is 12.1 Å². The van der Waals surface area contributed by atoms with Crippen LogP contribution in [0.1, 0.15) is 0 Å². The molecule has 0 radical (unpaired) electrons. The number of pyridine rings is 2. The van der Waals surface area contributed by atoms with Crippen molar-refractivity contribution in [1.29, 1.82) is 0 Å². The van der Waals surface area contributed by atoms with Crippen LogP contribution in [0.3, 0.4) is 0 Å². The fourth-order valence-corrected chi connectivity index (χ4v) is 3.16. The molecule has 0 aliphatic heterocycles. The maximum atomic E-state index is 5.60. The number of methoxy groups -OCH3 is 2. The normalized spacial score (nSPS) is 10.8. The van der Waals surface area contributed by atoms with E-state index in [2.05, 4.69) is 40.3 Å². The fourth-order valence-electron chi connectivity index (χ4n) is 3.16. The van der Waals surface area contributed by atoms with Gasteiger partial charge in [-0.2, -0.15) is 0 Å². The van der Waals surface area contributed by atoms with Gasteiger partial charge in [-0.05, 0) is 36.4 Å². The molecule has 5 aromatic rings. The summed E-state index contributed by atoms with van der Waals surface area (Å²) in [5.41, 5.74) is 2.50. The van der Waals surface area contributed by atoms with Gasteiger partial charge < -0.3 is 39.8 Å². The first-order valence-corrected chi connectivity index (χ1v) is 9.61. The molecule has 0 aliphatic rings. The van der Waals surface area contributed by atoms with Crippen molar-refractivity contribution in [2.75, 3.05) is 14.2 Å². The second kappa shape index (κ2) is 8.26. The van der Waals surface area contributed by atoms with E-state index in [1.165, 1.54) is 0 Å². The average molecular weight is 424 g/mol. The zero-order valence-electron chi connectivity index (χ0n) is 17.2. The van der Waals surface area contributed by atoms with E-state index >= 15 is 0 Å². The fraction of sp³-hybridized carbons (Fsp3) is 0.0909. The predicted molar refractivity (Wildman–Crippen MR) is 115 cm³/mol. The Morgan fingerprint density at radius 3 is 1.41 bits per heavy atom. The summed E-state index contributed by atoms with van der Waals surface area (Å²) >= 11 is 0.